The van der Waals surface area contributed by atoms with E-state index in [0.29, 0.717) is 92.4 Å². The molecule has 0 heterocycles. The average Bonchev–Trinajstić information content (AvgIpc) is 0.930. The molecule has 35 heteroatoms. The van der Waals surface area contributed by atoms with Crippen molar-refractivity contribution in [1.82, 2.24) is 24.9 Å². The number of ether oxygens (including phenoxy) is 12. The maximum absolute atomic E-state index is 13.7. The molecule has 0 aliphatic carbocycles. The number of unbranched alkanes of at least 4 members (excludes halogenated alkanes) is 30. The van der Waals surface area contributed by atoms with Gasteiger partial charge in [0.05, 0.1) is 68.1 Å². The van der Waals surface area contributed by atoms with Gasteiger partial charge in [0.15, 0.2) is 0 Å². The number of nitrogens with zero attached hydrogens (tertiary/aromatic N) is 4. The summed E-state index contributed by atoms with van der Waals surface area (Å²) in [6.45, 7) is 28.4. The van der Waals surface area contributed by atoms with Gasteiger partial charge in [-0.3, -0.25) is 52.7 Å². The van der Waals surface area contributed by atoms with Crippen molar-refractivity contribution in [1.29, 1.82) is 0 Å². The Morgan fingerprint density at radius 3 is 0.600 bits per heavy atom. The zero-order chi connectivity index (χ0) is 107. The molecule has 145 heavy (non-hydrogen) atoms. The van der Waals surface area contributed by atoms with E-state index in [9.17, 15) is 57.5 Å². The summed E-state index contributed by atoms with van der Waals surface area (Å²) < 4.78 is 66.7. The van der Waals surface area contributed by atoms with Crippen LogP contribution in [0.15, 0.2) is 12.2 Å². The van der Waals surface area contributed by atoms with Crippen LogP contribution in [0.25, 0.3) is 0 Å². The van der Waals surface area contributed by atoms with Crippen LogP contribution in [0.3, 0.4) is 0 Å². The summed E-state index contributed by atoms with van der Waals surface area (Å²) in [5.41, 5.74) is 0.329. The second-order valence-corrected chi connectivity index (χ2v) is 44.9. The molecule has 0 radical (unpaired) electrons. The van der Waals surface area contributed by atoms with Gasteiger partial charge in [-0.1, -0.05) is 275 Å². The fourth-order valence-electron chi connectivity index (χ4n) is 14.8. The molecule has 29 nitrogen and oxygen atoms in total. The zero-order valence-electron chi connectivity index (χ0n) is 92.2. The van der Waals surface area contributed by atoms with Crippen molar-refractivity contribution < 1.29 is 114 Å². The van der Waals surface area contributed by atoms with Gasteiger partial charge in [0.1, 0.15) is 79.3 Å². The lowest BCUT2D eigenvalue weighted by atomic mass is 10.1. The minimum absolute atomic E-state index is 0.0465. The van der Waals surface area contributed by atoms with Crippen molar-refractivity contribution in [3.05, 3.63) is 12.2 Å². The van der Waals surface area contributed by atoms with Gasteiger partial charge in [-0.15, -0.1) is 0 Å². The maximum atomic E-state index is 13.7. The lowest BCUT2D eigenvalue weighted by molar-refractivity contribution is -0.154. The number of hydrogen-bond acceptors (Lipinski definition) is 35. The van der Waals surface area contributed by atoms with E-state index in [1.165, 1.54) is 173 Å². The fourth-order valence-corrected chi connectivity index (χ4v) is 21.1. The minimum atomic E-state index is -0.563. The maximum Gasteiger partial charge on any atom is 0.334 e. The van der Waals surface area contributed by atoms with E-state index in [1.54, 1.807) is 70.6 Å². The molecule has 0 spiro atoms. The van der Waals surface area contributed by atoms with Crippen molar-refractivity contribution in [2.24, 2.45) is 29.6 Å². The summed E-state index contributed by atoms with van der Waals surface area (Å²) in [4.78, 5) is 167. The van der Waals surface area contributed by atoms with Crippen LogP contribution < -0.4 is 5.32 Å². The lowest BCUT2D eigenvalue weighted by Crippen LogP contribution is -2.43. The highest BCUT2D eigenvalue weighted by atomic mass is 32.2. The van der Waals surface area contributed by atoms with E-state index in [1.807, 2.05) is 49.3 Å². The van der Waals surface area contributed by atoms with Gasteiger partial charge in [0, 0.05) is 132 Å². The van der Waals surface area contributed by atoms with Gasteiger partial charge >= 0.3 is 71.6 Å². The van der Waals surface area contributed by atoms with Crippen LogP contribution in [0.2, 0.25) is 0 Å². The Bertz CT molecular complexity index is 3170. The van der Waals surface area contributed by atoms with E-state index in [2.05, 4.69) is 58.3 Å². The standard InChI is InChI=1S/C110H201N5O24S6/c1-13-19-25-31-37-43-81-140-87-93(7)105(122)134-75-69-128-99(116)49-57-112(58-50-100(117)129-70-76-135-106(123)94(8)88-141-82-44-38-32-26-20-14-2)65-67-114(61-53-103(120)132-73-79-138-109(126)97(11)91-144-85-47-41-35-29-23-17-5)63-55-111-56-64-115(62-54-104(121)133-74-80-139-110(127)98(12)92-145-86-48-42-36-30-24-18-6)68-66-113(59-51-101(118)130-71-77-136-107(124)95(9)89-142-83-45-39-33-27-21-15-3)60-52-102(119)131-72-78-137-108(125)96(10)90-143-84-46-40-34-28-22-16-4/h94-98,111H,7,13-92H2,1-6,8-12H3. The summed E-state index contributed by atoms with van der Waals surface area (Å²) >= 11 is 10.3. The molecule has 1 N–H and O–H groups in total. The molecule has 0 aliphatic heterocycles. The predicted molar refractivity (Wildman–Crippen MR) is 597 cm³/mol. The third kappa shape index (κ3) is 91.6. The molecule has 0 saturated heterocycles. The second-order valence-electron chi connectivity index (χ2n) is 38.1. The van der Waals surface area contributed by atoms with E-state index in [-0.39, 0.29) is 217 Å². The highest BCUT2D eigenvalue weighted by Gasteiger charge is 2.25. The van der Waals surface area contributed by atoms with Crippen molar-refractivity contribution in [2.75, 3.05) is 240 Å². The van der Waals surface area contributed by atoms with Gasteiger partial charge in [-0.2, -0.15) is 70.6 Å². The van der Waals surface area contributed by atoms with Crippen LogP contribution >= 0.6 is 70.6 Å². The first-order valence-electron chi connectivity index (χ1n) is 56.0. The highest BCUT2D eigenvalue weighted by molar-refractivity contribution is 8.00. The van der Waals surface area contributed by atoms with Crippen molar-refractivity contribution >= 4 is 142 Å². The first-order valence-corrected chi connectivity index (χ1v) is 62.9. The number of thioether (sulfide) groups is 6. The van der Waals surface area contributed by atoms with Crippen LogP contribution in [0, 0.1) is 29.6 Å². The summed E-state index contributed by atoms with van der Waals surface area (Å²) in [6.07, 6.45) is 42.3. The van der Waals surface area contributed by atoms with Crippen molar-refractivity contribution in [3.63, 3.8) is 0 Å². The second kappa shape index (κ2) is 104. The van der Waals surface area contributed by atoms with E-state index >= 15 is 0 Å². The van der Waals surface area contributed by atoms with Crippen molar-refractivity contribution in [2.45, 2.75) is 346 Å². The molecular formula is C110H201N5O24S6. The number of hydrogen-bond donors (Lipinski definition) is 1. The van der Waals surface area contributed by atoms with Gasteiger partial charge in [0.25, 0.3) is 0 Å². The largest absolute Gasteiger partial charge is 0.462 e. The van der Waals surface area contributed by atoms with Gasteiger partial charge in [-0.05, 0) is 73.0 Å². The Morgan fingerprint density at radius 1 is 0.221 bits per heavy atom. The quantitative estimate of drug-likeness (QED) is 0.0256. The third-order valence-corrected chi connectivity index (χ3v) is 32.0. The smallest absolute Gasteiger partial charge is 0.334 e. The van der Waals surface area contributed by atoms with Crippen LogP contribution in [0.4, 0.5) is 0 Å². The molecule has 0 bridgehead atoms. The number of rotatable bonds is 108. The highest BCUT2D eigenvalue weighted by Crippen LogP contribution is 2.22. The zero-order valence-corrected chi connectivity index (χ0v) is 97.1. The average molecular weight is 2170 g/mol. The molecule has 0 aromatic rings. The molecule has 5 unspecified atom stereocenters. The summed E-state index contributed by atoms with van der Waals surface area (Å²) in [5.74, 6) is 2.02. The van der Waals surface area contributed by atoms with Gasteiger partial charge in [-0.25, -0.2) is 4.79 Å². The van der Waals surface area contributed by atoms with E-state index in [0.717, 1.165) is 92.3 Å². The summed E-state index contributed by atoms with van der Waals surface area (Å²) in [7, 11) is 0. The van der Waals surface area contributed by atoms with E-state index < -0.39 is 41.8 Å². The number of nitrogens with one attached hydrogen (secondary N) is 1. The molecule has 0 rings (SSSR count). The number of carbonyl (C=O) groups is 12. The van der Waals surface area contributed by atoms with Crippen LogP contribution in [-0.4, -0.2) is 331 Å². The Morgan fingerprint density at radius 2 is 0.393 bits per heavy atom. The van der Waals surface area contributed by atoms with Crippen molar-refractivity contribution in [3.8, 4) is 0 Å². The molecule has 5 atom stereocenters. The van der Waals surface area contributed by atoms with Gasteiger partial charge in [0.2, 0.25) is 0 Å². The summed E-state index contributed by atoms with van der Waals surface area (Å²) in [6, 6.07) is 0. The Kier molecular flexibility index (Phi) is 100. The predicted octanol–water partition coefficient (Wildman–Crippen LogP) is 20.9. The summed E-state index contributed by atoms with van der Waals surface area (Å²) in [5, 5.41) is 3.55. The molecule has 0 aromatic carbocycles. The number of esters is 12. The molecule has 0 aliphatic rings. The Balaban J connectivity index is 7.18. The van der Waals surface area contributed by atoms with Gasteiger partial charge < -0.3 is 81.8 Å². The molecule has 846 valence electrons. The Hall–Kier alpha value is -4.72. The SMILES string of the molecule is C=C(CSCCCCCCCC)C(=O)OCCOC(=O)CCN(CCC(=O)OCCOC(=O)C(C)CSCCCCCCCC)CCN(CCNCCN(CCC(=O)OCCOC(=O)C(C)CSCCCCCCCC)CCN(CCC(=O)OCCOC(=O)C(C)CSCCCCCCCC)CCC(=O)OCCOC(=O)C(C)CSCCCCCCCC)CCC(=O)OCCOC(=O)C(C)CSCCCCCCCC. The Labute approximate surface area is 902 Å². The monoisotopic (exact) mass is 2170 g/mol. The van der Waals surface area contributed by atoms with E-state index in [4.69, 9.17) is 56.8 Å². The molecule has 0 amide bonds. The molecule has 0 fully saturated rings. The molecular weight excluding hydrogens is 1970 g/mol. The first kappa shape index (κ1) is 140. The molecule has 0 saturated carbocycles. The fraction of sp³-hybridized carbons (Fsp3) is 0.873. The normalized spacial score (nSPS) is 12.5. The molecule has 0 aromatic heterocycles. The van der Waals surface area contributed by atoms with Crippen LogP contribution in [0.5, 0.6) is 0 Å². The van der Waals surface area contributed by atoms with Crippen LogP contribution in [-0.2, 0) is 114 Å². The number of carbonyl (C=O) groups excluding carboxylic acids is 12. The third-order valence-electron chi connectivity index (χ3n) is 24.3. The lowest BCUT2D eigenvalue weighted by Gasteiger charge is -2.28. The topological polar surface area (TPSA) is 341 Å². The first-order chi connectivity index (χ1) is 70.3. The van der Waals surface area contributed by atoms with Crippen LogP contribution in [0.1, 0.15) is 346 Å². The minimum Gasteiger partial charge on any atom is -0.462 e.